The maximum atomic E-state index is 12.5. The van der Waals surface area contributed by atoms with Crippen LogP contribution >= 0.6 is 0 Å². The molecule has 0 aliphatic carbocycles. The number of nitrogens with one attached hydrogen (secondary N) is 2. The van der Waals surface area contributed by atoms with E-state index in [1.807, 2.05) is 30.3 Å². The minimum Gasteiger partial charge on any atom is -0.479 e. The first-order valence-electron chi connectivity index (χ1n) is 9.18. The first kappa shape index (κ1) is 19.1. The van der Waals surface area contributed by atoms with Crippen molar-refractivity contribution in [3.63, 3.8) is 0 Å². The van der Waals surface area contributed by atoms with Crippen molar-refractivity contribution in [1.82, 2.24) is 14.8 Å². The standard InChI is InChI=1S/C22H19N5O3/c1-27-13-18(22(26-27)30-2)21(29)24-16-7-5-14(6-8-16)20(28)25-17-9-10-19-15(12-17)4-3-11-23-19/h3-13H,1-2H3,(H,24,29)(H,25,28). The molecule has 0 unspecified atom stereocenters. The summed E-state index contributed by atoms with van der Waals surface area (Å²) in [6.45, 7) is 0. The van der Waals surface area contributed by atoms with Gasteiger partial charge in [0.15, 0.2) is 0 Å². The molecule has 2 aromatic heterocycles. The fourth-order valence-corrected chi connectivity index (χ4v) is 3.03. The Morgan fingerprint density at radius 2 is 1.70 bits per heavy atom. The fourth-order valence-electron chi connectivity index (χ4n) is 3.03. The monoisotopic (exact) mass is 401 g/mol. The molecule has 2 N–H and O–H groups in total. The maximum Gasteiger partial charge on any atom is 0.262 e. The lowest BCUT2D eigenvalue weighted by Crippen LogP contribution is -2.14. The minimum absolute atomic E-state index is 0.245. The zero-order chi connectivity index (χ0) is 21.1. The van der Waals surface area contributed by atoms with Crippen molar-refractivity contribution in [3.8, 4) is 5.88 Å². The van der Waals surface area contributed by atoms with Crippen molar-refractivity contribution in [2.75, 3.05) is 17.7 Å². The molecule has 2 aromatic carbocycles. The van der Waals surface area contributed by atoms with Crippen molar-refractivity contribution >= 4 is 34.1 Å². The lowest BCUT2D eigenvalue weighted by atomic mass is 10.1. The van der Waals surface area contributed by atoms with E-state index in [9.17, 15) is 9.59 Å². The Labute approximate surface area is 172 Å². The molecule has 0 aliphatic rings. The van der Waals surface area contributed by atoms with Gasteiger partial charge in [0.05, 0.1) is 12.6 Å². The number of aromatic nitrogens is 3. The van der Waals surface area contributed by atoms with Crippen LogP contribution in [0.15, 0.2) is 67.0 Å². The van der Waals surface area contributed by atoms with Crippen LogP contribution in [0.3, 0.4) is 0 Å². The molecule has 0 fully saturated rings. The number of hydrogen-bond donors (Lipinski definition) is 2. The van der Waals surface area contributed by atoms with Crippen molar-refractivity contribution in [2.24, 2.45) is 7.05 Å². The second kappa shape index (κ2) is 8.04. The number of pyridine rings is 1. The van der Waals surface area contributed by atoms with E-state index in [1.54, 1.807) is 43.7 Å². The van der Waals surface area contributed by atoms with Gasteiger partial charge in [0.2, 0.25) is 5.88 Å². The largest absolute Gasteiger partial charge is 0.479 e. The number of carbonyl (C=O) groups excluding carboxylic acids is 2. The summed E-state index contributed by atoms with van der Waals surface area (Å²) in [7, 11) is 3.16. The molecule has 0 saturated heterocycles. The van der Waals surface area contributed by atoms with E-state index in [0.717, 1.165) is 10.9 Å². The van der Waals surface area contributed by atoms with Gasteiger partial charge in [-0.3, -0.25) is 19.3 Å². The van der Waals surface area contributed by atoms with Crippen LogP contribution in [-0.4, -0.2) is 33.7 Å². The third-order valence-electron chi connectivity index (χ3n) is 4.50. The summed E-state index contributed by atoms with van der Waals surface area (Å²) in [4.78, 5) is 29.3. The highest BCUT2D eigenvalue weighted by Crippen LogP contribution is 2.20. The number of rotatable bonds is 5. The molecule has 0 aliphatic heterocycles. The Hall–Kier alpha value is -4.20. The Kier molecular flexibility index (Phi) is 5.13. The van der Waals surface area contributed by atoms with Crippen molar-refractivity contribution in [3.05, 3.63) is 78.1 Å². The van der Waals surface area contributed by atoms with Gasteiger partial charge < -0.3 is 15.4 Å². The smallest absolute Gasteiger partial charge is 0.262 e. The molecule has 8 heteroatoms. The molecule has 8 nitrogen and oxygen atoms in total. The van der Waals surface area contributed by atoms with E-state index >= 15 is 0 Å². The van der Waals surface area contributed by atoms with Crippen LogP contribution in [-0.2, 0) is 7.05 Å². The van der Waals surface area contributed by atoms with Crippen molar-refractivity contribution in [1.29, 1.82) is 0 Å². The van der Waals surface area contributed by atoms with Crippen LogP contribution in [0.25, 0.3) is 10.9 Å². The molecule has 0 spiro atoms. The number of hydrogen-bond acceptors (Lipinski definition) is 5. The Balaban J connectivity index is 1.44. The van der Waals surface area contributed by atoms with Crippen molar-refractivity contribution in [2.45, 2.75) is 0 Å². The first-order valence-corrected chi connectivity index (χ1v) is 9.18. The molecule has 0 atom stereocenters. The van der Waals surface area contributed by atoms with E-state index in [2.05, 4.69) is 20.7 Å². The van der Waals surface area contributed by atoms with Crippen molar-refractivity contribution < 1.29 is 14.3 Å². The molecule has 4 rings (SSSR count). The van der Waals surface area contributed by atoms with Gasteiger partial charge in [-0.2, -0.15) is 0 Å². The van der Waals surface area contributed by atoms with Crippen LogP contribution in [0.5, 0.6) is 5.88 Å². The number of fused-ring (bicyclic) bond motifs is 1. The van der Waals surface area contributed by atoms with Crippen LogP contribution in [0.1, 0.15) is 20.7 Å². The summed E-state index contributed by atoms with van der Waals surface area (Å²) in [6.07, 6.45) is 3.31. The summed E-state index contributed by atoms with van der Waals surface area (Å²) < 4.78 is 6.61. The van der Waals surface area contributed by atoms with E-state index in [4.69, 9.17) is 4.74 Å². The summed E-state index contributed by atoms with van der Waals surface area (Å²) >= 11 is 0. The average Bonchev–Trinajstić information content (AvgIpc) is 3.15. The minimum atomic E-state index is -0.345. The number of aryl methyl sites for hydroxylation is 1. The van der Waals surface area contributed by atoms with E-state index < -0.39 is 0 Å². The molecule has 0 saturated carbocycles. The first-order chi connectivity index (χ1) is 14.5. The third-order valence-corrected chi connectivity index (χ3v) is 4.50. The molecule has 30 heavy (non-hydrogen) atoms. The van der Waals surface area contributed by atoms with Crippen LogP contribution < -0.4 is 15.4 Å². The zero-order valence-corrected chi connectivity index (χ0v) is 16.4. The second-order valence-corrected chi connectivity index (χ2v) is 6.62. The number of ether oxygens (including phenoxy) is 1. The lowest BCUT2D eigenvalue weighted by Gasteiger charge is -2.08. The van der Waals surface area contributed by atoms with Gasteiger partial charge in [-0.15, -0.1) is 5.10 Å². The molecule has 0 radical (unpaired) electrons. The second-order valence-electron chi connectivity index (χ2n) is 6.62. The topological polar surface area (TPSA) is 98.1 Å². The average molecular weight is 401 g/mol. The number of carbonyl (C=O) groups is 2. The predicted octanol–water partition coefficient (Wildman–Crippen LogP) is 3.48. The van der Waals surface area contributed by atoms with Crippen LogP contribution in [0.4, 0.5) is 11.4 Å². The summed E-state index contributed by atoms with van der Waals surface area (Å²) in [6, 6.07) is 16.0. The highest BCUT2D eigenvalue weighted by atomic mass is 16.5. The molecule has 150 valence electrons. The molecular weight excluding hydrogens is 382 g/mol. The molecular formula is C22H19N5O3. The quantitative estimate of drug-likeness (QED) is 0.534. The van der Waals surface area contributed by atoms with Gasteiger partial charge in [0.1, 0.15) is 5.56 Å². The number of anilines is 2. The molecule has 2 heterocycles. The third kappa shape index (κ3) is 3.97. The van der Waals surface area contributed by atoms with Gasteiger partial charge in [-0.1, -0.05) is 6.07 Å². The number of amides is 2. The summed E-state index contributed by atoms with van der Waals surface area (Å²) in [5.41, 5.74) is 2.90. The normalized spacial score (nSPS) is 10.6. The van der Waals surface area contributed by atoms with E-state index in [0.29, 0.717) is 22.5 Å². The Bertz CT molecular complexity index is 1230. The zero-order valence-electron chi connectivity index (χ0n) is 16.4. The fraction of sp³-hybridized carbons (Fsp3) is 0.0909. The van der Waals surface area contributed by atoms with Gasteiger partial charge in [0, 0.05) is 41.8 Å². The van der Waals surface area contributed by atoms with E-state index in [1.165, 1.54) is 11.8 Å². The van der Waals surface area contributed by atoms with Crippen LogP contribution in [0.2, 0.25) is 0 Å². The Morgan fingerprint density at radius 3 is 2.47 bits per heavy atom. The predicted molar refractivity (Wildman–Crippen MR) is 114 cm³/mol. The lowest BCUT2D eigenvalue weighted by molar-refractivity contribution is 0.101. The van der Waals surface area contributed by atoms with E-state index in [-0.39, 0.29) is 17.7 Å². The van der Waals surface area contributed by atoms with Crippen LogP contribution in [0, 0.1) is 0 Å². The number of benzene rings is 2. The van der Waals surface area contributed by atoms with Gasteiger partial charge in [0.25, 0.3) is 11.8 Å². The summed E-state index contributed by atoms with van der Waals surface area (Å²) in [5, 5.41) is 10.7. The SMILES string of the molecule is COc1nn(C)cc1C(=O)Nc1ccc(C(=O)Nc2ccc3ncccc3c2)cc1. The van der Waals surface area contributed by atoms with Gasteiger partial charge in [-0.05, 0) is 48.5 Å². The molecule has 0 bridgehead atoms. The molecule has 2 amide bonds. The Morgan fingerprint density at radius 1 is 0.967 bits per heavy atom. The van der Waals surface area contributed by atoms with Gasteiger partial charge in [-0.25, -0.2) is 0 Å². The summed E-state index contributed by atoms with van der Waals surface area (Å²) in [5.74, 6) is -0.344. The highest BCUT2D eigenvalue weighted by Gasteiger charge is 2.16. The number of nitrogens with zero attached hydrogens (tertiary/aromatic N) is 3. The maximum absolute atomic E-state index is 12.5. The molecule has 4 aromatic rings. The highest BCUT2D eigenvalue weighted by molar-refractivity contribution is 6.07. The van der Waals surface area contributed by atoms with Gasteiger partial charge >= 0.3 is 0 Å². The number of methoxy groups -OCH3 is 1.